The maximum Gasteiger partial charge on any atom is 0.132 e. The van der Waals surface area contributed by atoms with E-state index in [0.29, 0.717) is 11.7 Å². The predicted octanol–water partition coefficient (Wildman–Crippen LogP) is 3.28. The van der Waals surface area contributed by atoms with Gasteiger partial charge in [0.05, 0.1) is 13.2 Å². The summed E-state index contributed by atoms with van der Waals surface area (Å²) in [6.07, 6.45) is 4.69. The normalized spacial score (nSPS) is 23.1. The third-order valence-corrected chi connectivity index (χ3v) is 4.98. The van der Waals surface area contributed by atoms with Crippen LogP contribution in [0.1, 0.15) is 43.7 Å². The van der Waals surface area contributed by atoms with Crippen molar-refractivity contribution in [1.29, 1.82) is 0 Å². The van der Waals surface area contributed by atoms with Gasteiger partial charge in [-0.2, -0.15) is 0 Å². The number of benzene rings is 1. The molecule has 0 amide bonds. The molecule has 2 heteroatoms. The Morgan fingerprint density at radius 3 is 2.26 bits per heavy atom. The molecule has 0 aromatic heterocycles. The van der Waals surface area contributed by atoms with Crippen LogP contribution >= 0.6 is 0 Å². The molecule has 1 saturated carbocycles. The summed E-state index contributed by atoms with van der Waals surface area (Å²) in [6.45, 7) is 3.85. The van der Waals surface area contributed by atoms with Crippen molar-refractivity contribution in [3.8, 4) is 0 Å². The Labute approximate surface area is 115 Å². The van der Waals surface area contributed by atoms with Gasteiger partial charge in [0, 0.05) is 18.3 Å². The summed E-state index contributed by atoms with van der Waals surface area (Å²) < 4.78 is 5.54. The van der Waals surface area contributed by atoms with Gasteiger partial charge in [0.15, 0.2) is 0 Å². The number of carbonyl (C=O) groups excluding carboxylic acids is 1. The average Bonchev–Trinajstić information content (AvgIpc) is 2.40. The van der Waals surface area contributed by atoms with Gasteiger partial charge in [-0.15, -0.1) is 0 Å². The third-order valence-electron chi connectivity index (χ3n) is 4.98. The topological polar surface area (TPSA) is 26.3 Å². The molecule has 1 heterocycles. The molecule has 1 aromatic rings. The van der Waals surface area contributed by atoms with Gasteiger partial charge < -0.3 is 4.74 Å². The first kappa shape index (κ1) is 12.9. The molecule has 2 fully saturated rings. The van der Waals surface area contributed by atoms with Crippen LogP contribution in [0.5, 0.6) is 0 Å². The Bertz CT molecular complexity index is 447. The Kier molecular flexibility index (Phi) is 3.44. The lowest BCUT2D eigenvalue weighted by Gasteiger charge is -2.49. The molecule has 0 radical (unpaired) electrons. The van der Waals surface area contributed by atoms with E-state index in [9.17, 15) is 4.79 Å². The molecule has 102 valence electrons. The molecular weight excluding hydrogens is 236 g/mol. The van der Waals surface area contributed by atoms with E-state index >= 15 is 0 Å². The maximum atomic E-state index is 11.4. The minimum atomic E-state index is 0.187. The molecule has 1 aliphatic carbocycles. The summed E-state index contributed by atoms with van der Waals surface area (Å²) in [5, 5.41) is 0. The molecule has 0 atom stereocenters. The monoisotopic (exact) mass is 258 g/mol. The first-order valence-corrected chi connectivity index (χ1v) is 7.43. The zero-order chi connectivity index (χ0) is 13.3. The highest BCUT2D eigenvalue weighted by atomic mass is 16.5. The number of Topliss-reactive ketones (excluding diaryl/α,β-unsaturated/α-hetero) is 1. The maximum absolute atomic E-state index is 11.4. The standard InChI is InChI=1S/C17H22O2/c1-2-13-3-5-14(6-4-13)17(11-19-12-17)15-7-9-16(18)10-8-15/h3-6,15H,2,7-12H2,1H3. The third kappa shape index (κ3) is 2.23. The van der Waals surface area contributed by atoms with Crippen molar-refractivity contribution in [1.82, 2.24) is 0 Å². The largest absolute Gasteiger partial charge is 0.379 e. The van der Waals surface area contributed by atoms with E-state index in [2.05, 4.69) is 31.2 Å². The second-order valence-electron chi connectivity index (χ2n) is 6.01. The lowest BCUT2D eigenvalue weighted by atomic mass is 9.63. The van der Waals surface area contributed by atoms with Gasteiger partial charge in [0.2, 0.25) is 0 Å². The molecule has 2 aliphatic rings. The van der Waals surface area contributed by atoms with Gasteiger partial charge in [0.1, 0.15) is 5.78 Å². The molecule has 0 unspecified atom stereocenters. The SMILES string of the molecule is CCc1ccc(C2(C3CCC(=O)CC3)COC2)cc1. The van der Waals surface area contributed by atoms with E-state index in [1.54, 1.807) is 0 Å². The second kappa shape index (κ2) is 5.09. The minimum absolute atomic E-state index is 0.187. The smallest absolute Gasteiger partial charge is 0.132 e. The number of aryl methyl sites for hydroxylation is 1. The molecule has 1 saturated heterocycles. The highest BCUT2D eigenvalue weighted by molar-refractivity contribution is 5.79. The quantitative estimate of drug-likeness (QED) is 0.831. The van der Waals surface area contributed by atoms with E-state index in [1.165, 1.54) is 11.1 Å². The molecule has 0 spiro atoms. The highest BCUT2D eigenvalue weighted by Gasteiger charge is 2.47. The predicted molar refractivity (Wildman–Crippen MR) is 75.3 cm³/mol. The van der Waals surface area contributed by atoms with Gasteiger partial charge in [-0.05, 0) is 36.3 Å². The van der Waals surface area contributed by atoms with Crippen LogP contribution in [0, 0.1) is 5.92 Å². The summed E-state index contributed by atoms with van der Waals surface area (Å²) in [5.41, 5.74) is 2.99. The van der Waals surface area contributed by atoms with E-state index in [4.69, 9.17) is 4.74 Å². The Morgan fingerprint density at radius 2 is 1.79 bits per heavy atom. The molecule has 1 aliphatic heterocycles. The van der Waals surface area contributed by atoms with Crippen molar-refractivity contribution in [3.05, 3.63) is 35.4 Å². The lowest BCUT2D eigenvalue weighted by molar-refractivity contribution is -0.127. The van der Waals surface area contributed by atoms with Crippen molar-refractivity contribution >= 4 is 5.78 Å². The zero-order valence-electron chi connectivity index (χ0n) is 11.7. The lowest BCUT2D eigenvalue weighted by Crippen LogP contribution is -2.53. The van der Waals surface area contributed by atoms with Gasteiger partial charge in [-0.3, -0.25) is 4.79 Å². The van der Waals surface area contributed by atoms with Crippen LogP contribution in [-0.4, -0.2) is 19.0 Å². The van der Waals surface area contributed by atoms with Gasteiger partial charge >= 0.3 is 0 Å². The van der Waals surface area contributed by atoms with Crippen LogP contribution in [-0.2, 0) is 21.4 Å². The average molecular weight is 258 g/mol. The van der Waals surface area contributed by atoms with Gasteiger partial charge in [-0.25, -0.2) is 0 Å². The van der Waals surface area contributed by atoms with Crippen molar-refractivity contribution in [2.24, 2.45) is 5.92 Å². The van der Waals surface area contributed by atoms with Crippen LogP contribution in [0.15, 0.2) is 24.3 Å². The number of ether oxygens (including phenoxy) is 1. The summed E-state index contributed by atoms with van der Waals surface area (Å²) in [7, 11) is 0. The van der Waals surface area contributed by atoms with Gasteiger partial charge in [-0.1, -0.05) is 31.2 Å². The summed E-state index contributed by atoms with van der Waals surface area (Å²) in [4.78, 5) is 11.4. The van der Waals surface area contributed by atoms with E-state index in [0.717, 1.165) is 45.3 Å². The summed E-state index contributed by atoms with van der Waals surface area (Å²) in [5.74, 6) is 1.05. The molecule has 2 nitrogen and oxygen atoms in total. The number of carbonyl (C=O) groups is 1. The number of hydrogen-bond acceptors (Lipinski definition) is 2. The van der Waals surface area contributed by atoms with Crippen LogP contribution in [0.3, 0.4) is 0 Å². The molecule has 0 bridgehead atoms. The van der Waals surface area contributed by atoms with Crippen LogP contribution in [0.2, 0.25) is 0 Å². The molecule has 3 rings (SSSR count). The van der Waals surface area contributed by atoms with Crippen LogP contribution < -0.4 is 0 Å². The fourth-order valence-electron chi connectivity index (χ4n) is 3.52. The van der Waals surface area contributed by atoms with E-state index < -0.39 is 0 Å². The minimum Gasteiger partial charge on any atom is -0.379 e. The van der Waals surface area contributed by atoms with Crippen molar-refractivity contribution in [2.45, 2.75) is 44.4 Å². The van der Waals surface area contributed by atoms with Crippen LogP contribution in [0.25, 0.3) is 0 Å². The Morgan fingerprint density at radius 1 is 1.16 bits per heavy atom. The molecule has 0 N–H and O–H groups in total. The first-order chi connectivity index (χ1) is 9.24. The highest BCUT2D eigenvalue weighted by Crippen LogP contribution is 2.45. The number of rotatable bonds is 3. The Balaban J connectivity index is 1.83. The van der Waals surface area contributed by atoms with E-state index in [1.807, 2.05) is 0 Å². The number of ketones is 1. The number of hydrogen-bond donors (Lipinski definition) is 0. The summed E-state index contributed by atoms with van der Waals surface area (Å²) in [6, 6.07) is 9.03. The van der Waals surface area contributed by atoms with E-state index in [-0.39, 0.29) is 5.41 Å². The molecular formula is C17H22O2. The molecule has 1 aromatic carbocycles. The first-order valence-electron chi connectivity index (χ1n) is 7.43. The Hall–Kier alpha value is -1.15. The fraction of sp³-hybridized carbons (Fsp3) is 0.588. The van der Waals surface area contributed by atoms with Crippen LogP contribution in [0.4, 0.5) is 0 Å². The van der Waals surface area contributed by atoms with Crippen molar-refractivity contribution in [3.63, 3.8) is 0 Å². The van der Waals surface area contributed by atoms with Crippen molar-refractivity contribution in [2.75, 3.05) is 13.2 Å². The van der Waals surface area contributed by atoms with Gasteiger partial charge in [0.25, 0.3) is 0 Å². The fourth-order valence-corrected chi connectivity index (χ4v) is 3.52. The zero-order valence-corrected chi connectivity index (χ0v) is 11.7. The second-order valence-corrected chi connectivity index (χ2v) is 6.01. The molecule has 19 heavy (non-hydrogen) atoms. The van der Waals surface area contributed by atoms with Crippen molar-refractivity contribution < 1.29 is 9.53 Å². The summed E-state index contributed by atoms with van der Waals surface area (Å²) >= 11 is 0.